The van der Waals surface area contributed by atoms with Crippen molar-refractivity contribution < 1.29 is 0 Å². The quantitative estimate of drug-likeness (QED) is 0.705. The molecule has 2 fully saturated rings. The zero-order chi connectivity index (χ0) is 13.2. The van der Waals surface area contributed by atoms with Gasteiger partial charge in [-0.05, 0) is 43.2 Å². The Kier molecular flexibility index (Phi) is 4.02. The van der Waals surface area contributed by atoms with Gasteiger partial charge in [0.2, 0.25) is 0 Å². The summed E-state index contributed by atoms with van der Waals surface area (Å²) in [7, 11) is 0. The Morgan fingerprint density at radius 3 is 2.74 bits per heavy atom. The number of hydrogen-bond donors (Lipinski definition) is 0. The largest absolute Gasteiger partial charge is 0.371 e. The molecule has 0 amide bonds. The monoisotopic (exact) mass is 277 g/mol. The Morgan fingerprint density at radius 1 is 1.16 bits per heavy atom. The molecule has 0 radical (unpaired) electrons. The average Bonchev–Trinajstić information content (AvgIpc) is 2.46. The highest BCUT2D eigenvalue weighted by Gasteiger charge is 2.31. The van der Waals surface area contributed by atoms with Gasteiger partial charge in [0.1, 0.15) is 0 Å². The van der Waals surface area contributed by atoms with Gasteiger partial charge in [0.25, 0.3) is 0 Å². The van der Waals surface area contributed by atoms with Crippen molar-refractivity contribution in [3.63, 3.8) is 0 Å². The number of alkyl halides is 1. The molecule has 2 unspecified atom stereocenters. The van der Waals surface area contributed by atoms with Gasteiger partial charge >= 0.3 is 0 Å². The van der Waals surface area contributed by atoms with Crippen LogP contribution in [0.4, 0.5) is 5.69 Å². The first-order valence-electron chi connectivity index (χ1n) is 7.68. The highest BCUT2D eigenvalue weighted by Crippen LogP contribution is 2.38. The van der Waals surface area contributed by atoms with Crippen molar-refractivity contribution >= 4 is 17.3 Å². The van der Waals surface area contributed by atoms with E-state index in [1.54, 1.807) is 0 Å². The molecule has 3 rings (SSSR count). The van der Waals surface area contributed by atoms with Crippen LogP contribution in [0.5, 0.6) is 0 Å². The van der Waals surface area contributed by atoms with E-state index in [-0.39, 0.29) is 0 Å². The third-order valence-corrected chi connectivity index (χ3v) is 5.30. The smallest absolute Gasteiger partial charge is 0.0494 e. The van der Waals surface area contributed by atoms with E-state index in [0.717, 1.165) is 11.8 Å². The van der Waals surface area contributed by atoms with E-state index in [4.69, 9.17) is 11.6 Å². The van der Waals surface area contributed by atoms with Crippen LogP contribution in [-0.2, 0) is 5.88 Å². The molecule has 1 aromatic carbocycles. The molecule has 2 heteroatoms. The molecule has 0 N–H and O–H groups in total. The van der Waals surface area contributed by atoms with Crippen molar-refractivity contribution in [1.29, 1.82) is 0 Å². The van der Waals surface area contributed by atoms with Crippen LogP contribution in [0.1, 0.15) is 43.2 Å². The summed E-state index contributed by atoms with van der Waals surface area (Å²) in [6, 6.07) is 6.74. The van der Waals surface area contributed by atoms with Gasteiger partial charge in [-0.3, -0.25) is 0 Å². The van der Waals surface area contributed by atoms with E-state index < -0.39 is 0 Å². The minimum Gasteiger partial charge on any atom is -0.371 e. The Labute approximate surface area is 121 Å². The van der Waals surface area contributed by atoms with Gasteiger partial charge in [-0.15, -0.1) is 11.6 Å². The molecule has 0 spiro atoms. The lowest BCUT2D eigenvalue weighted by atomic mass is 9.75. The lowest BCUT2D eigenvalue weighted by Gasteiger charge is -2.43. The number of nitrogens with zero attached hydrogens (tertiary/aromatic N) is 1. The molecular weight excluding hydrogens is 254 g/mol. The van der Waals surface area contributed by atoms with Crippen LogP contribution in [-0.4, -0.2) is 13.1 Å². The fourth-order valence-electron chi connectivity index (χ4n) is 3.95. The van der Waals surface area contributed by atoms with Crippen LogP contribution >= 0.6 is 11.6 Å². The van der Waals surface area contributed by atoms with E-state index in [1.165, 1.54) is 62.0 Å². The lowest BCUT2D eigenvalue weighted by Crippen LogP contribution is -2.42. The minimum atomic E-state index is 0.627. The first-order chi connectivity index (χ1) is 9.28. The van der Waals surface area contributed by atoms with Gasteiger partial charge in [-0.1, -0.05) is 37.0 Å². The number of halogens is 1. The molecule has 1 heterocycles. The Hall–Kier alpha value is -0.690. The molecule has 1 aromatic rings. The number of benzene rings is 1. The predicted octanol–water partition coefficient (Wildman–Crippen LogP) is 4.75. The molecule has 1 saturated heterocycles. The van der Waals surface area contributed by atoms with Crippen molar-refractivity contribution in [3.8, 4) is 0 Å². The van der Waals surface area contributed by atoms with Gasteiger partial charge in [0.05, 0.1) is 0 Å². The fourth-order valence-corrected chi connectivity index (χ4v) is 4.16. The number of rotatable bonds is 2. The molecule has 1 aliphatic carbocycles. The molecule has 2 aliphatic rings. The third-order valence-electron chi connectivity index (χ3n) is 5.01. The molecule has 0 aromatic heterocycles. The number of piperidine rings is 1. The van der Waals surface area contributed by atoms with Crippen LogP contribution in [0.25, 0.3) is 0 Å². The minimum absolute atomic E-state index is 0.627. The van der Waals surface area contributed by atoms with E-state index >= 15 is 0 Å². The summed E-state index contributed by atoms with van der Waals surface area (Å²) in [5, 5.41) is 0. The second-order valence-electron chi connectivity index (χ2n) is 6.31. The van der Waals surface area contributed by atoms with Crippen LogP contribution in [0.3, 0.4) is 0 Å². The standard InChI is InChI=1S/C17H24ClN/c1-13-6-7-17(16(10-13)11-18)19-9-8-14-4-2-3-5-15(14)12-19/h6-7,10,14-15H,2-5,8-9,11-12H2,1H3. The van der Waals surface area contributed by atoms with Crippen LogP contribution in [0.2, 0.25) is 0 Å². The Balaban J connectivity index is 1.79. The van der Waals surface area contributed by atoms with Gasteiger partial charge in [0, 0.05) is 24.7 Å². The summed E-state index contributed by atoms with van der Waals surface area (Å²) >= 11 is 6.13. The first kappa shape index (κ1) is 13.3. The zero-order valence-electron chi connectivity index (χ0n) is 11.9. The summed E-state index contributed by atoms with van der Waals surface area (Å²) in [6.07, 6.45) is 7.17. The predicted molar refractivity (Wildman–Crippen MR) is 83.0 cm³/mol. The second-order valence-corrected chi connectivity index (χ2v) is 6.57. The Morgan fingerprint density at radius 2 is 1.95 bits per heavy atom. The molecule has 1 aliphatic heterocycles. The van der Waals surface area contributed by atoms with E-state index in [2.05, 4.69) is 30.0 Å². The maximum atomic E-state index is 6.13. The number of aryl methyl sites for hydroxylation is 1. The normalized spacial score (nSPS) is 27.2. The highest BCUT2D eigenvalue weighted by atomic mass is 35.5. The number of hydrogen-bond acceptors (Lipinski definition) is 1. The van der Waals surface area contributed by atoms with Gasteiger partial charge in [-0.2, -0.15) is 0 Å². The van der Waals surface area contributed by atoms with E-state index in [0.29, 0.717) is 5.88 Å². The first-order valence-corrected chi connectivity index (χ1v) is 8.22. The fraction of sp³-hybridized carbons (Fsp3) is 0.647. The molecule has 1 nitrogen and oxygen atoms in total. The van der Waals surface area contributed by atoms with Crippen LogP contribution < -0.4 is 4.90 Å². The SMILES string of the molecule is Cc1ccc(N2CCC3CCCCC3C2)c(CCl)c1. The molecule has 2 atom stereocenters. The van der Waals surface area contributed by atoms with E-state index in [9.17, 15) is 0 Å². The third kappa shape index (κ3) is 2.76. The Bertz CT molecular complexity index is 443. The molecule has 0 bridgehead atoms. The molecule has 19 heavy (non-hydrogen) atoms. The van der Waals surface area contributed by atoms with Crippen LogP contribution in [0, 0.1) is 18.8 Å². The molecular formula is C17H24ClN. The van der Waals surface area contributed by atoms with Crippen molar-refractivity contribution in [2.24, 2.45) is 11.8 Å². The van der Waals surface area contributed by atoms with Crippen molar-refractivity contribution in [2.75, 3.05) is 18.0 Å². The van der Waals surface area contributed by atoms with Gasteiger partial charge < -0.3 is 4.90 Å². The summed E-state index contributed by atoms with van der Waals surface area (Å²) in [5.41, 5.74) is 3.99. The van der Waals surface area contributed by atoms with Gasteiger partial charge in [0.15, 0.2) is 0 Å². The van der Waals surface area contributed by atoms with Crippen molar-refractivity contribution in [3.05, 3.63) is 29.3 Å². The molecule has 104 valence electrons. The topological polar surface area (TPSA) is 3.24 Å². The van der Waals surface area contributed by atoms with E-state index in [1.807, 2.05) is 0 Å². The lowest BCUT2D eigenvalue weighted by molar-refractivity contribution is 0.202. The summed E-state index contributed by atoms with van der Waals surface area (Å²) < 4.78 is 0. The highest BCUT2D eigenvalue weighted by molar-refractivity contribution is 6.17. The summed E-state index contributed by atoms with van der Waals surface area (Å²) in [6.45, 7) is 4.61. The van der Waals surface area contributed by atoms with Crippen molar-refractivity contribution in [2.45, 2.75) is 44.9 Å². The maximum absolute atomic E-state index is 6.13. The maximum Gasteiger partial charge on any atom is 0.0494 e. The van der Waals surface area contributed by atoms with Crippen molar-refractivity contribution in [1.82, 2.24) is 0 Å². The second kappa shape index (κ2) is 5.75. The van der Waals surface area contributed by atoms with Gasteiger partial charge in [-0.25, -0.2) is 0 Å². The zero-order valence-corrected chi connectivity index (χ0v) is 12.6. The number of anilines is 1. The average molecular weight is 278 g/mol. The van der Waals surface area contributed by atoms with Crippen LogP contribution in [0.15, 0.2) is 18.2 Å². The number of fused-ring (bicyclic) bond motifs is 1. The molecule has 1 saturated carbocycles. The summed E-state index contributed by atoms with van der Waals surface area (Å²) in [4.78, 5) is 2.59. The summed E-state index contributed by atoms with van der Waals surface area (Å²) in [5.74, 6) is 2.55.